The largest absolute Gasteiger partial charge is 0.295 e. The maximum Gasteiger partial charge on any atom is 0.155 e. The molecule has 0 unspecified atom stereocenters. The van der Waals surface area contributed by atoms with E-state index in [1.807, 2.05) is 6.08 Å². The average molecular weight is 192 g/mol. The standard InChI is InChI=1S/C13H20O/c1-10(2)11(3)8-12-6-4-5-7-13(14)9-12/h8-10H,4-7H2,1-3H3. The van der Waals surface area contributed by atoms with E-state index >= 15 is 0 Å². The van der Waals surface area contributed by atoms with Gasteiger partial charge in [0.15, 0.2) is 5.78 Å². The second-order valence-electron chi connectivity index (χ2n) is 4.44. The Balaban J connectivity index is 2.75. The average Bonchev–Trinajstić information content (AvgIpc) is 2.29. The summed E-state index contributed by atoms with van der Waals surface area (Å²) in [5.41, 5.74) is 2.59. The SMILES string of the molecule is CC(=CC1=CC(=O)CCCC1)C(C)C. The van der Waals surface area contributed by atoms with Gasteiger partial charge in [0.05, 0.1) is 0 Å². The molecule has 1 aliphatic rings. The number of carbonyl (C=O) groups is 1. The Kier molecular flexibility index (Phi) is 4.12. The third-order valence-corrected chi connectivity index (χ3v) is 2.81. The quantitative estimate of drug-likeness (QED) is 0.652. The van der Waals surface area contributed by atoms with Gasteiger partial charge in [-0.2, -0.15) is 0 Å². The van der Waals surface area contributed by atoms with Gasteiger partial charge in [-0.3, -0.25) is 4.79 Å². The Hall–Kier alpha value is -0.850. The maximum atomic E-state index is 11.3. The first-order valence-corrected chi connectivity index (χ1v) is 5.51. The number of allylic oxidation sites excluding steroid dienone is 4. The zero-order chi connectivity index (χ0) is 10.6. The summed E-state index contributed by atoms with van der Waals surface area (Å²) in [6, 6.07) is 0. The molecule has 0 N–H and O–H groups in total. The first-order chi connectivity index (χ1) is 6.59. The van der Waals surface area contributed by atoms with Crippen LogP contribution in [0.5, 0.6) is 0 Å². The number of hydrogen-bond acceptors (Lipinski definition) is 1. The van der Waals surface area contributed by atoms with E-state index in [1.165, 1.54) is 11.1 Å². The fourth-order valence-corrected chi connectivity index (χ4v) is 1.55. The topological polar surface area (TPSA) is 17.1 Å². The highest BCUT2D eigenvalue weighted by Gasteiger charge is 2.07. The highest BCUT2D eigenvalue weighted by molar-refractivity contribution is 5.91. The van der Waals surface area contributed by atoms with E-state index in [0.29, 0.717) is 11.7 Å². The molecule has 0 aromatic rings. The molecular formula is C13H20O. The molecule has 0 aromatic heterocycles. The second-order valence-corrected chi connectivity index (χ2v) is 4.44. The molecule has 0 saturated heterocycles. The third kappa shape index (κ3) is 3.49. The normalized spacial score (nSPS) is 19.6. The minimum Gasteiger partial charge on any atom is -0.295 e. The Bertz CT molecular complexity index is 269. The molecule has 1 rings (SSSR count). The van der Waals surface area contributed by atoms with Crippen LogP contribution in [0.3, 0.4) is 0 Å². The molecule has 0 aliphatic heterocycles. The lowest BCUT2D eigenvalue weighted by atomic mass is 10.0. The van der Waals surface area contributed by atoms with E-state index in [0.717, 1.165) is 25.7 Å². The molecule has 0 fully saturated rings. The number of carbonyl (C=O) groups excluding carboxylic acids is 1. The van der Waals surface area contributed by atoms with Gasteiger partial charge in [-0.05, 0) is 43.8 Å². The van der Waals surface area contributed by atoms with Crippen LogP contribution < -0.4 is 0 Å². The van der Waals surface area contributed by atoms with Crippen molar-refractivity contribution in [1.29, 1.82) is 0 Å². The molecule has 1 nitrogen and oxygen atoms in total. The predicted molar refractivity (Wildman–Crippen MR) is 60.2 cm³/mol. The fourth-order valence-electron chi connectivity index (χ4n) is 1.55. The van der Waals surface area contributed by atoms with Crippen molar-refractivity contribution >= 4 is 5.78 Å². The summed E-state index contributed by atoms with van der Waals surface area (Å²) in [5, 5.41) is 0. The van der Waals surface area contributed by atoms with Crippen LogP contribution in [0.1, 0.15) is 46.5 Å². The molecule has 78 valence electrons. The molecule has 0 radical (unpaired) electrons. The highest BCUT2D eigenvalue weighted by Crippen LogP contribution is 2.19. The van der Waals surface area contributed by atoms with E-state index in [4.69, 9.17) is 0 Å². The minimum absolute atomic E-state index is 0.297. The third-order valence-electron chi connectivity index (χ3n) is 2.81. The van der Waals surface area contributed by atoms with Crippen molar-refractivity contribution in [3.63, 3.8) is 0 Å². The van der Waals surface area contributed by atoms with E-state index in [9.17, 15) is 4.79 Å². The molecule has 1 aliphatic carbocycles. The van der Waals surface area contributed by atoms with E-state index in [2.05, 4.69) is 26.8 Å². The van der Waals surface area contributed by atoms with Crippen LogP contribution in [0.15, 0.2) is 23.3 Å². The van der Waals surface area contributed by atoms with Crippen molar-refractivity contribution in [3.8, 4) is 0 Å². The van der Waals surface area contributed by atoms with Crippen molar-refractivity contribution in [3.05, 3.63) is 23.3 Å². The molecule has 0 bridgehead atoms. The van der Waals surface area contributed by atoms with Crippen LogP contribution in [0, 0.1) is 5.92 Å². The number of hydrogen-bond donors (Lipinski definition) is 0. The van der Waals surface area contributed by atoms with Crippen molar-refractivity contribution in [2.45, 2.75) is 46.5 Å². The van der Waals surface area contributed by atoms with Gasteiger partial charge in [0.25, 0.3) is 0 Å². The summed E-state index contributed by atoms with van der Waals surface area (Å²) in [6.07, 6.45) is 8.02. The van der Waals surface area contributed by atoms with Crippen molar-refractivity contribution in [2.24, 2.45) is 5.92 Å². The van der Waals surface area contributed by atoms with Gasteiger partial charge >= 0.3 is 0 Å². The molecule has 1 heteroatoms. The minimum atomic E-state index is 0.297. The summed E-state index contributed by atoms with van der Waals surface area (Å²) in [7, 11) is 0. The molecule has 14 heavy (non-hydrogen) atoms. The lowest BCUT2D eigenvalue weighted by Crippen LogP contribution is -1.92. The maximum absolute atomic E-state index is 11.3. The zero-order valence-corrected chi connectivity index (χ0v) is 9.47. The summed E-state index contributed by atoms with van der Waals surface area (Å²) in [5.74, 6) is 0.875. The molecule has 0 amide bonds. The van der Waals surface area contributed by atoms with E-state index in [-0.39, 0.29) is 0 Å². The Morgan fingerprint density at radius 3 is 2.64 bits per heavy atom. The van der Waals surface area contributed by atoms with Crippen molar-refractivity contribution < 1.29 is 4.79 Å². The van der Waals surface area contributed by atoms with Crippen LogP contribution in [0.2, 0.25) is 0 Å². The van der Waals surface area contributed by atoms with Gasteiger partial charge in [-0.1, -0.05) is 25.5 Å². The number of ketones is 1. The van der Waals surface area contributed by atoms with E-state index in [1.54, 1.807) is 0 Å². The van der Waals surface area contributed by atoms with Gasteiger partial charge in [-0.15, -0.1) is 0 Å². The first-order valence-electron chi connectivity index (χ1n) is 5.51. The molecule has 0 spiro atoms. The van der Waals surface area contributed by atoms with Crippen LogP contribution in [0.4, 0.5) is 0 Å². The predicted octanol–water partition coefficient (Wildman–Crippen LogP) is 3.66. The molecular weight excluding hydrogens is 172 g/mol. The highest BCUT2D eigenvalue weighted by atomic mass is 16.1. The lowest BCUT2D eigenvalue weighted by molar-refractivity contribution is -0.114. The van der Waals surface area contributed by atoms with Gasteiger partial charge in [0, 0.05) is 6.42 Å². The van der Waals surface area contributed by atoms with Crippen LogP contribution in [-0.2, 0) is 4.79 Å². The van der Waals surface area contributed by atoms with Crippen LogP contribution in [0.25, 0.3) is 0 Å². The zero-order valence-electron chi connectivity index (χ0n) is 9.47. The van der Waals surface area contributed by atoms with Crippen LogP contribution >= 0.6 is 0 Å². The Morgan fingerprint density at radius 2 is 2.00 bits per heavy atom. The molecule has 0 aromatic carbocycles. The van der Waals surface area contributed by atoms with Gasteiger partial charge < -0.3 is 0 Å². The monoisotopic (exact) mass is 192 g/mol. The Labute approximate surface area is 86.9 Å². The summed E-state index contributed by atoms with van der Waals surface area (Å²) in [6.45, 7) is 6.51. The first kappa shape index (κ1) is 11.2. The van der Waals surface area contributed by atoms with E-state index < -0.39 is 0 Å². The summed E-state index contributed by atoms with van der Waals surface area (Å²) >= 11 is 0. The van der Waals surface area contributed by atoms with Gasteiger partial charge in [0.1, 0.15) is 0 Å². The van der Waals surface area contributed by atoms with Crippen molar-refractivity contribution in [2.75, 3.05) is 0 Å². The fraction of sp³-hybridized carbons (Fsp3) is 0.615. The second kappa shape index (κ2) is 5.14. The Morgan fingerprint density at radius 1 is 1.36 bits per heavy atom. The molecule has 0 saturated carbocycles. The van der Waals surface area contributed by atoms with Crippen LogP contribution in [-0.4, -0.2) is 5.78 Å². The van der Waals surface area contributed by atoms with Crippen molar-refractivity contribution in [1.82, 2.24) is 0 Å². The van der Waals surface area contributed by atoms with Gasteiger partial charge in [0.2, 0.25) is 0 Å². The molecule has 0 atom stereocenters. The summed E-state index contributed by atoms with van der Waals surface area (Å²) < 4.78 is 0. The molecule has 0 heterocycles. The number of rotatable bonds is 2. The van der Waals surface area contributed by atoms with Gasteiger partial charge in [-0.25, -0.2) is 0 Å². The smallest absolute Gasteiger partial charge is 0.155 e. The summed E-state index contributed by atoms with van der Waals surface area (Å²) in [4.78, 5) is 11.3. The lowest BCUT2D eigenvalue weighted by Gasteiger charge is -2.06.